The summed E-state index contributed by atoms with van der Waals surface area (Å²) in [6.45, 7) is 1.50. The maximum Gasteiger partial charge on any atom is 0.389 e. The van der Waals surface area contributed by atoms with Crippen molar-refractivity contribution >= 4 is 5.91 Å². The first kappa shape index (κ1) is 16.2. The highest BCUT2D eigenvalue weighted by molar-refractivity contribution is 5.83. The van der Waals surface area contributed by atoms with Crippen molar-refractivity contribution in [1.82, 2.24) is 5.32 Å². The summed E-state index contributed by atoms with van der Waals surface area (Å²) in [7, 11) is 0. The molecule has 0 atom stereocenters. The highest BCUT2D eigenvalue weighted by Gasteiger charge is 2.38. The Balaban J connectivity index is 2.26. The van der Waals surface area contributed by atoms with Crippen LogP contribution in [0.1, 0.15) is 32.1 Å². The summed E-state index contributed by atoms with van der Waals surface area (Å²) in [5.41, 5.74) is 5.05. The van der Waals surface area contributed by atoms with E-state index in [4.69, 9.17) is 10.5 Å². The van der Waals surface area contributed by atoms with Crippen molar-refractivity contribution < 1.29 is 22.7 Å². The summed E-state index contributed by atoms with van der Waals surface area (Å²) in [5, 5.41) is 2.69. The number of hydrogen-bond donors (Lipinski definition) is 2. The summed E-state index contributed by atoms with van der Waals surface area (Å²) >= 11 is 0. The molecular formula is C12H21F3N2O2. The number of carbonyl (C=O) groups excluding carboxylic acids is 1. The summed E-state index contributed by atoms with van der Waals surface area (Å²) < 4.78 is 41.0. The van der Waals surface area contributed by atoms with Gasteiger partial charge >= 0.3 is 6.18 Å². The zero-order valence-electron chi connectivity index (χ0n) is 10.9. The molecule has 1 rings (SSSR count). The third kappa shape index (κ3) is 5.36. The molecule has 0 radical (unpaired) electrons. The number of unbranched alkanes of at least 4 members (excludes halogenated alkanes) is 1. The Hall–Kier alpha value is -0.820. The molecule has 112 valence electrons. The number of nitrogens with one attached hydrogen (secondary N) is 1. The number of nitrogens with two attached hydrogens (primary N) is 1. The number of rotatable bonds is 6. The molecule has 1 saturated heterocycles. The van der Waals surface area contributed by atoms with Crippen molar-refractivity contribution in [2.45, 2.75) is 38.3 Å². The molecule has 7 heteroatoms. The van der Waals surface area contributed by atoms with Crippen molar-refractivity contribution in [2.24, 2.45) is 11.1 Å². The predicted molar refractivity (Wildman–Crippen MR) is 64.5 cm³/mol. The van der Waals surface area contributed by atoms with Crippen LogP contribution in [0.2, 0.25) is 0 Å². The quantitative estimate of drug-likeness (QED) is 0.727. The molecular weight excluding hydrogens is 261 g/mol. The van der Waals surface area contributed by atoms with Crippen LogP contribution in [0, 0.1) is 5.41 Å². The van der Waals surface area contributed by atoms with Gasteiger partial charge in [0.1, 0.15) is 0 Å². The molecule has 3 N–H and O–H groups in total. The maximum atomic E-state index is 12.0. The second kappa shape index (κ2) is 7.09. The van der Waals surface area contributed by atoms with Crippen LogP contribution in [0.3, 0.4) is 0 Å². The molecule has 0 bridgehead atoms. The Morgan fingerprint density at radius 3 is 2.42 bits per heavy atom. The lowest BCUT2D eigenvalue weighted by Gasteiger charge is -2.34. The average molecular weight is 282 g/mol. The number of amides is 1. The van der Waals surface area contributed by atoms with Crippen LogP contribution in [0.4, 0.5) is 13.2 Å². The molecule has 0 aromatic heterocycles. The van der Waals surface area contributed by atoms with Crippen LogP contribution in [-0.2, 0) is 9.53 Å². The molecule has 0 aliphatic carbocycles. The maximum absolute atomic E-state index is 12.0. The molecule has 0 unspecified atom stereocenters. The van der Waals surface area contributed by atoms with E-state index in [1.165, 1.54) is 0 Å². The number of hydrogen-bond acceptors (Lipinski definition) is 3. The van der Waals surface area contributed by atoms with Gasteiger partial charge in [-0.2, -0.15) is 13.2 Å². The minimum atomic E-state index is -4.12. The molecule has 19 heavy (non-hydrogen) atoms. The zero-order valence-corrected chi connectivity index (χ0v) is 10.9. The molecule has 4 nitrogen and oxygen atoms in total. The Bertz CT molecular complexity index is 289. The van der Waals surface area contributed by atoms with Crippen LogP contribution in [0.15, 0.2) is 0 Å². The number of halogens is 3. The molecule has 0 saturated carbocycles. The predicted octanol–water partition coefficient (Wildman–Crippen LogP) is 1.59. The Kier molecular flexibility index (Phi) is 6.06. The van der Waals surface area contributed by atoms with E-state index in [1.807, 2.05) is 0 Å². The van der Waals surface area contributed by atoms with Crippen molar-refractivity contribution in [1.29, 1.82) is 0 Å². The number of alkyl halides is 3. The molecule has 1 fully saturated rings. The van der Waals surface area contributed by atoms with Gasteiger partial charge in [-0.05, 0) is 25.7 Å². The van der Waals surface area contributed by atoms with Crippen molar-refractivity contribution in [3.8, 4) is 0 Å². The topological polar surface area (TPSA) is 64.4 Å². The summed E-state index contributed by atoms with van der Waals surface area (Å²) in [5.74, 6) is -0.162. The first-order chi connectivity index (χ1) is 8.90. The van der Waals surface area contributed by atoms with Gasteiger partial charge in [-0.25, -0.2) is 0 Å². The van der Waals surface area contributed by atoms with Crippen LogP contribution in [0.25, 0.3) is 0 Å². The molecule has 0 spiro atoms. The number of ether oxygens (including phenoxy) is 1. The van der Waals surface area contributed by atoms with Crippen LogP contribution >= 0.6 is 0 Å². The van der Waals surface area contributed by atoms with E-state index in [0.717, 1.165) is 0 Å². The van der Waals surface area contributed by atoms with Gasteiger partial charge in [0.15, 0.2) is 0 Å². The van der Waals surface area contributed by atoms with Crippen LogP contribution in [0.5, 0.6) is 0 Å². The fourth-order valence-electron chi connectivity index (χ4n) is 2.13. The summed E-state index contributed by atoms with van der Waals surface area (Å²) in [6.07, 6.45) is -3.44. The van der Waals surface area contributed by atoms with Crippen molar-refractivity contribution in [3.63, 3.8) is 0 Å². The van der Waals surface area contributed by atoms with E-state index in [0.29, 0.717) is 32.5 Å². The lowest BCUT2D eigenvalue weighted by Crippen LogP contribution is -2.49. The van der Waals surface area contributed by atoms with Gasteiger partial charge in [0.25, 0.3) is 0 Å². The van der Waals surface area contributed by atoms with E-state index >= 15 is 0 Å². The third-order valence-corrected chi connectivity index (χ3v) is 3.49. The molecule has 1 aliphatic rings. The summed E-state index contributed by atoms with van der Waals surface area (Å²) in [4.78, 5) is 12.0. The standard InChI is InChI=1S/C12H21F3N2O2/c13-12(14,15)3-1-2-6-17-10(18)11(9-16)4-7-19-8-5-11/h1-9,16H2,(H,17,18). The monoisotopic (exact) mass is 282 g/mol. The lowest BCUT2D eigenvalue weighted by molar-refractivity contribution is -0.136. The van der Waals surface area contributed by atoms with E-state index in [-0.39, 0.29) is 25.4 Å². The van der Waals surface area contributed by atoms with E-state index < -0.39 is 18.0 Å². The first-order valence-corrected chi connectivity index (χ1v) is 6.52. The van der Waals surface area contributed by atoms with E-state index in [1.54, 1.807) is 0 Å². The molecule has 0 aromatic rings. The number of carbonyl (C=O) groups is 1. The molecule has 1 aliphatic heterocycles. The summed E-state index contributed by atoms with van der Waals surface area (Å²) in [6, 6.07) is 0. The van der Waals surface area contributed by atoms with Crippen LogP contribution in [-0.4, -0.2) is 38.4 Å². The van der Waals surface area contributed by atoms with Gasteiger partial charge < -0.3 is 15.8 Å². The van der Waals surface area contributed by atoms with Crippen LogP contribution < -0.4 is 11.1 Å². The largest absolute Gasteiger partial charge is 0.389 e. The van der Waals surface area contributed by atoms with Gasteiger partial charge in [0.2, 0.25) is 5.91 Å². The highest BCUT2D eigenvalue weighted by atomic mass is 19.4. The second-order valence-corrected chi connectivity index (χ2v) is 4.93. The Morgan fingerprint density at radius 1 is 1.26 bits per heavy atom. The Morgan fingerprint density at radius 2 is 1.89 bits per heavy atom. The van der Waals surface area contributed by atoms with Crippen molar-refractivity contribution in [2.75, 3.05) is 26.3 Å². The van der Waals surface area contributed by atoms with E-state index in [2.05, 4.69) is 5.32 Å². The lowest BCUT2D eigenvalue weighted by atomic mass is 9.79. The van der Waals surface area contributed by atoms with E-state index in [9.17, 15) is 18.0 Å². The van der Waals surface area contributed by atoms with Gasteiger partial charge in [-0.3, -0.25) is 4.79 Å². The fraction of sp³-hybridized carbons (Fsp3) is 0.917. The van der Waals surface area contributed by atoms with Gasteiger partial charge in [-0.15, -0.1) is 0 Å². The van der Waals surface area contributed by atoms with Gasteiger partial charge in [-0.1, -0.05) is 0 Å². The SMILES string of the molecule is NCC1(C(=O)NCCCCC(F)(F)F)CCOCC1. The van der Waals surface area contributed by atoms with Crippen molar-refractivity contribution in [3.05, 3.63) is 0 Å². The molecule has 1 amide bonds. The van der Waals surface area contributed by atoms with Gasteiger partial charge in [0.05, 0.1) is 5.41 Å². The highest BCUT2D eigenvalue weighted by Crippen LogP contribution is 2.29. The first-order valence-electron chi connectivity index (χ1n) is 6.52. The minimum absolute atomic E-state index is 0.0303. The van der Waals surface area contributed by atoms with Gasteiger partial charge in [0, 0.05) is 32.7 Å². The fourth-order valence-corrected chi connectivity index (χ4v) is 2.13. The minimum Gasteiger partial charge on any atom is -0.381 e. The average Bonchev–Trinajstić information content (AvgIpc) is 2.37. The third-order valence-electron chi connectivity index (χ3n) is 3.49. The second-order valence-electron chi connectivity index (χ2n) is 4.93. The molecule has 0 aromatic carbocycles. The molecule has 1 heterocycles. The normalized spacial score (nSPS) is 19.2. The zero-order chi connectivity index (χ0) is 14.4. The Labute approximate surface area is 110 Å². The smallest absolute Gasteiger partial charge is 0.381 e.